The van der Waals surface area contributed by atoms with Gasteiger partial charge in [0.1, 0.15) is 0 Å². The molecule has 4 nitrogen and oxygen atoms in total. The maximum atomic E-state index is 11.9. The van der Waals surface area contributed by atoms with Crippen molar-refractivity contribution in [2.75, 3.05) is 24.6 Å². The van der Waals surface area contributed by atoms with E-state index in [1.54, 1.807) is 13.8 Å². The first-order valence-corrected chi connectivity index (χ1v) is 7.44. The zero-order chi connectivity index (χ0) is 14.4. The van der Waals surface area contributed by atoms with E-state index in [2.05, 4.69) is 5.32 Å². The predicted molar refractivity (Wildman–Crippen MR) is 63.1 cm³/mol. The van der Waals surface area contributed by atoms with E-state index in [9.17, 15) is 26.7 Å². The van der Waals surface area contributed by atoms with Crippen LogP contribution in [0.5, 0.6) is 0 Å². The van der Waals surface area contributed by atoms with Gasteiger partial charge in [-0.25, -0.2) is 8.42 Å². The van der Waals surface area contributed by atoms with Crippen LogP contribution in [0.25, 0.3) is 0 Å². The Morgan fingerprint density at radius 2 is 1.72 bits per heavy atom. The summed E-state index contributed by atoms with van der Waals surface area (Å²) in [6, 6.07) is 0. The Labute approximate surface area is 105 Å². The molecule has 110 valence electrons. The standard InChI is InChI=1S/C10H20F3NO3S/c1-9(2,15)8-14-5-3-6-18(16,17)7-4-10(11,12)13/h14-15H,3-8H2,1-2H3. The topological polar surface area (TPSA) is 66.4 Å². The van der Waals surface area contributed by atoms with Crippen molar-refractivity contribution in [3.8, 4) is 0 Å². The van der Waals surface area contributed by atoms with Crippen LogP contribution < -0.4 is 5.32 Å². The Morgan fingerprint density at radius 3 is 2.17 bits per heavy atom. The van der Waals surface area contributed by atoms with Crippen molar-refractivity contribution in [1.29, 1.82) is 0 Å². The van der Waals surface area contributed by atoms with Crippen molar-refractivity contribution >= 4 is 9.84 Å². The summed E-state index contributed by atoms with van der Waals surface area (Å²) >= 11 is 0. The van der Waals surface area contributed by atoms with Crippen LogP contribution in [-0.4, -0.2) is 49.9 Å². The smallest absolute Gasteiger partial charge is 0.389 e. The summed E-state index contributed by atoms with van der Waals surface area (Å²) in [4.78, 5) is 0. The normalized spacial score (nSPS) is 13.9. The van der Waals surface area contributed by atoms with E-state index < -0.39 is 33.8 Å². The molecule has 0 aliphatic carbocycles. The van der Waals surface area contributed by atoms with E-state index in [0.29, 0.717) is 13.1 Å². The minimum absolute atomic E-state index is 0.232. The molecule has 0 atom stereocenters. The Morgan fingerprint density at radius 1 is 1.17 bits per heavy atom. The third kappa shape index (κ3) is 12.1. The molecule has 0 aromatic carbocycles. The predicted octanol–water partition coefficient (Wildman–Crippen LogP) is 1.10. The molecule has 0 saturated heterocycles. The van der Waals surface area contributed by atoms with Gasteiger partial charge in [-0.05, 0) is 26.8 Å². The summed E-state index contributed by atoms with van der Waals surface area (Å²) in [6.45, 7) is 3.84. The van der Waals surface area contributed by atoms with Crippen molar-refractivity contribution in [3.63, 3.8) is 0 Å². The highest BCUT2D eigenvalue weighted by molar-refractivity contribution is 7.91. The molecule has 0 radical (unpaired) electrons. The molecule has 0 bridgehead atoms. The molecule has 0 aliphatic rings. The van der Waals surface area contributed by atoms with Gasteiger partial charge in [0.2, 0.25) is 0 Å². The summed E-state index contributed by atoms with van der Waals surface area (Å²) in [5.74, 6) is -1.13. The lowest BCUT2D eigenvalue weighted by atomic mass is 10.1. The fraction of sp³-hybridized carbons (Fsp3) is 1.00. The van der Waals surface area contributed by atoms with Gasteiger partial charge in [-0.15, -0.1) is 0 Å². The summed E-state index contributed by atoms with van der Waals surface area (Å²) in [7, 11) is -3.65. The van der Waals surface area contributed by atoms with Gasteiger partial charge in [-0.2, -0.15) is 13.2 Å². The summed E-state index contributed by atoms with van der Waals surface area (Å²) < 4.78 is 58.1. The van der Waals surface area contributed by atoms with Gasteiger partial charge < -0.3 is 10.4 Å². The van der Waals surface area contributed by atoms with Crippen molar-refractivity contribution < 1.29 is 26.7 Å². The van der Waals surface area contributed by atoms with Crippen LogP contribution >= 0.6 is 0 Å². The van der Waals surface area contributed by atoms with Crippen LogP contribution in [-0.2, 0) is 9.84 Å². The average Bonchev–Trinajstić information content (AvgIpc) is 2.11. The molecular weight excluding hydrogens is 271 g/mol. The molecule has 0 fully saturated rings. The molecule has 0 amide bonds. The quantitative estimate of drug-likeness (QED) is 0.657. The third-order valence-electron chi connectivity index (χ3n) is 2.06. The Kier molecular flexibility index (Phi) is 6.59. The number of alkyl halides is 3. The van der Waals surface area contributed by atoms with E-state index in [-0.39, 0.29) is 12.2 Å². The van der Waals surface area contributed by atoms with Crippen LogP contribution in [0, 0.1) is 0 Å². The first kappa shape index (κ1) is 17.7. The second-order valence-corrected chi connectivity index (χ2v) is 7.16. The van der Waals surface area contributed by atoms with Crippen LogP contribution in [0.3, 0.4) is 0 Å². The maximum Gasteiger partial charge on any atom is 0.390 e. The number of nitrogens with one attached hydrogen (secondary N) is 1. The molecule has 0 aromatic rings. The van der Waals surface area contributed by atoms with Crippen molar-refractivity contribution in [3.05, 3.63) is 0 Å². The fourth-order valence-corrected chi connectivity index (χ4v) is 2.52. The van der Waals surface area contributed by atoms with Gasteiger partial charge in [0.15, 0.2) is 9.84 Å². The molecule has 18 heavy (non-hydrogen) atoms. The highest BCUT2D eigenvalue weighted by atomic mass is 32.2. The van der Waals surface area contributed by atoms with E-state index in [1.165, 1.54) is 0 Å². The Hall–Kier alpha value is -0.340. The van der Waals surface area contributed by atoms with E-state index >= 15 is 0 Å². The molecular formula is C10H20F3NO3S. The zero-order valence-corrected chi connectivity index (χ0v) is 11.4. The third-order valence-corrected chi connectivity index (χ3v) is 3.80. The minimum atomic E-state index is -4.44. The van der Waals surface area contributed by atoms with Gasteiger partial charge in [0.25, 0.3) is 0 Å². The molecule has 0 heterocycles. The summed E-state index contributed by atoms with van der Waals surface area (Å²) in [5, 5.41) is 12.2. The Balaban J connectivity index is 3.79. The first-order valence-electron chi connectivity index (χ1n) is 5.62. The van der Waals surface area contributed by atoms with Gasteiger partial charge in [-0.1, -0.05) is 0 Å². The molecule has 0 spiro atoms. The Bertz CT molecular complexity index is 333. The first-order chi connectivity index (χ1) is 7.91. The van der Waals surface area contributed by atoms with Crippen LogP contribution in [0.2, 0.25) is 0 Å². The van der Waals surface area contributed by atoms with E-state index in [4.69, 9.17) is 0 Å². The van der Waals surface area contributed by atoms with Gasteiger partial charge in [-0.3, -0.25) is 0 Å². The molecule has 0 rings (SSSR count). The number of hydrogen-bond donors (Lipinski definition) is 2. The molecule has 0 unspecified atom stereocenters. The highest BCUT2D eigenvalue weighted by Gasteiger charge is 2.29. The number of sulfone groups is 1. The van der Waals surface area contributed by atoms with Crippen LogP contribution in [0.1, 0.15) is 26.7 Å². The summed E-state index contributed by atoms with van der Waals surface area (Å²) in [6.07, 6.45) is -5.51. The lowest BCUT2D eigenvalue weighted by Gasteiger charge is -2.17. The largest absolute Gasteiger partial charge is 0.390 e. The van der Waals surface area contributed by atoms with Crippen molar-refractivity contribution in [2.24, 2.45) is 0 Å². The molecule has 8 heteroatoms. The fourth-order valence-electron chi connectivity index (χ4n) is 1.18. The highest BCUT2D eigenvalue weighted by Crippen LogP contribution is 2.20. The lowest BCUT2D eigenvalue weighted by molar-refractivity contribution is -0.129. The van der Waals surface area contributed by atoms with Crippen LogP contribution in [0.4, 0.5) is 13.2 Å². The molecule has 0 aliphatic heterocycles. The second kappa shape index (κ2) is 6.72. The SMILES string of the molecule is CC(C)(O)CNCCCS(=O)(=O)CCC(F)(F)F. The van der Waals surface area contributed by atoms with Gasteiger partial charge in [0, 0.05) is 6.54 Å². The lowest BCUT2D eigenvalue weighted by Crippen LogP contribution is -2.35. The van der Waals surface area contributed by atoms with E-state index in [0.717, 1.165) is 0 Å². The van der Waals surface area contributed by atoms with Gasteiger partial charge in [0.05, 0.1) is 23.5 Å². The summed E-state index contributed by atoms with van der Waals surface area (Å²) in [5.41, 5.74) is -0.894. The number of aliphatic hydroxyl groups is 1. The average molecular weight is 291 g/mol. The van der Waals surface area contributed by atoms with E-state index in [1.807, 2.05) is 0 Å². The molecule has 0 saturated carbocycles. The molecule has 2 N–H and O–H groups in total. The number of halogens is 3. The number of hydrogen-bond acceptors (Lipinski definition) is 4. The minimum Gasteiger partial charge on any atom is -0.389 e. The molecule has 0 aromatic heterocycles. The van der Waals surface area contributed by atoms with Gasteiger partial charge >= 0.3 is 6.18 Å². The second-order valence-electron chi connectivity index (χ2n) is 4.86. The maximum absolute atomic E-state index is 11.9. The van der Waals surface area contributed by atoms with Crippen molar-refractivity contribution in [2.45, 2.75) is 38.5 Å². The monoisotopic (exact) mass is 291 g/mol. The van der Waals surface area contributed by atoms with Crippen molar-refractivity contribution in [1.82, 2.24) is 5.32 Å². The number of rotatable bonds is 8. The van der Waals surface area contributed by atoms with Crippen LogP contribution in [0.15, 0.2) is 0 Å². The zero-order valence-electron chi connectivity index (χ0n) is 10.5.